The summed E-state index contributed by atoms with van der Waals surface area (Å²) in [6, 6.07) is 35.9. The predicted octanol–water partition coefficient (Wildman–Crippen LogP) is 4.29. The van der Waals surface area contributed by atoms with Crippen LogP contribution in [0.15, 0.2) is 207 Å². The Hall–Kier alpha value is -7.95. The molecule has 0 atom stereocenters. The molecule has 6 aromatic carbocycles. The number of fused-ring (bicyclic) bond motifs is 6. The zero-order valence-corrected chi connectivity index (χ0v) is 43.7. The van der Waals surface area contributed by atoms with E-state index in [1.54, 1.807) is 91.6 Å². The maximum Gasteiger partial charge on any atom is 2.00 e. The van der Waals surface area contributed by atoms with Gasteiger partial charge in [-0.05, 0) is 114 Å². The largest absolute Gasteiger partial charge is 2.00 e. The predicted molar refractivity (Wildman–Crippen MR) is 281 cm³/mol. The first kappa shape index (κ1) is 52.4. The van der Waals surface area contributed by atoms with Crippen LogP contribution in [0.4, 0.5) is 0 Å². The molecule has 0 saturated heterocycles. The number of benzene rings is 6. The molecule has 0 bridgehead atoms. The Labute approximate surface area is 469 Å². The minimum atomic E-state index is -0.180. The number of aromatic hydroxyl groups is 1. The van der Waals surface area contributed by atoms with Gasteiger partial charge in [0.15, 0.2) is 31.0 Å². The van der Waals surface area contributed by atoms with Crippen molar-refractivity contribution in [2.45, 2.75) is 13.8 Å². The molecular weight excluding hydrogens is 963 g/mol. The van der Waals surface area contributed by atoms with Gasteiger partial charge >= 0.3 is 50.6 Å². The molecule has 18 heteroatoms. The van der Waals surface area contributed by atoms with Crippen molar-refractivity contribution < 1.29 is 84.6 Å². The van der Waals surface area contributed by atoms with Crippen molar-refractivity contribution in [1.29, 1.82) is 0 Å². The summed E-state index contributed by atoms with van der Waals surface area (Å²) in [5.41, 5.74) is 4.79. The molecule has 0 spiro atoms. The first-order valence-corrected chi connectivity index (χ1v) is 20.9. The number of H-pyrrole nitrogens is 5. The minimum absolute atomic E-state index is 0. The van der Waals surface area contributed by atoms with E-state index in [2.05, 4.69) is 29.9 Å². The van der Waals surface area contributed by atoms with Gasteiger partial charge in [0, 0.05) is 88.3 Å². The minimum Gasteiger partial charge on any atom is -0.868 e. The number of aromatic amines is 5. The molecule has 6 aromatic heterocycles. The van der Waals surface area contributed by atoms with E-state index < -0.39 is 0 Å². The number of nitrogens with one attached hydrogen (secondary N) is 5. The Bertz CT molecular complexity index is 3570. The van der Waals surface area contributed by atoms with Crippen LogP contribution >= 0.6 is 0 Å². The molecular formula is C56H46Be5N6O6Zn+10. The van der Waals surface area contributed by atoms with Crippen molar-refractivity contribution in [3.05, 3.63) is 218 Å². The summed E-state index contributed by atoms with van der Waals surface area (Å²) in [4.78, 5) is 18.1. The van der Waals surface area contributed by atoms with Gasteiger partial charge in [0.05, 0.1) is 9.60 Å². The molecule has 0 unspecified atom stereocenters. The summed E-state index contributed by atoms with van der Waals surface area (Å²) in [7, 11) is 0. The third kappa shape index (κ3) is 16.5. The van der Waals surface area contributed by atoms with Gasteiger partial charge in [0.1, 0.15) is 11.3 Å². The number of phenolic OH excluding ortho intramolecular Hbond substituents is 1. The van der Waals surface area contributed by atoms with Gasteiger partial charge in [-0.25, -0.2) is 24.9 Å². The van der Waals surface area contributed by atoms with Crippen molar-refractivity contribution in [2.75, 3.05) is 0 Å². The summed E-state index contributed by atoms with van der Waals surface area (Å²) < 4.78 is 52.8. The third-order valence-electron chi connectivity index (χ3n) is 10.0. The fraction of sp³-hybridized carbons (Fsp3) is 0.0357. The van der Waals surface area contributed by atoms with E-state index in [0.29, 0.717) is 84.9 Å². The van der Waals surface area contributed by atoms with E-state index in [0.717, 1.165) is 21.9 Å². The second-order valence-electron chi connectivity index (χ2n) is 14.6. The van der Waals surface area contributed by atoms with Crippen molar-refractivity contribution in [3.63, 3.8) is 0 Å². The summed E-state index contributed by atoms with van der Waals surface area (Å²) >= 11 is 0. The van der Waals surface area contributed by atoms with Crippen LogP contribution < -0.4 is 50.5 Å². The maximum atomic E-state index is 11.4. The number of aromatic nitrogens is 6. The first-order valence-electron chi connectivity index (χ1n) is 24.4. The van der Waals surface area contributed by atoms with E-state index in [4.69, 9.17) is 9.60 Å². The summed E-state index contributed by atoms with van der Waals surface area (Å²) in [6.07, 6.45) is 9.76. The van der Waals surface area contributed by atoms with Crippen LogP contribution in [-0.4, -0.2) is 60.7 Å². The fourth-order valence-electron chi connectivity index (χ4n) is 6.64. The molecule has 0 radical (unpaired) electrons. The zero-order chi connectivity index (χ0) is 53.9. The second-order valence-corrected chi connectivity index (χ2v) is 14.6. The molecule has 0 aliphatic carbocycles. The number of pyridine rings is 6. The molecule has 6 N–H and O–H groups in total. The van der Waals surface area contributed by atoms with Gasteiger partial charge in [-0.2, -0.15) is 0 Å². The van der Waals surface area contributed by atoms with Crippen molar-refractivity contribution in [3.8, 4) is 34.5 Å². The smallest absolute Gasteiger partial charge is 0.868 e. The number of rotatable bonds is 0. The number of aryl methyl sites for hydroxylation is 2. The van der Waals surface area contributed by atoms with Gasteiger partial charge in [-0.15, -0.1) is 0 Å². The molecule has 6 heterocycles. The SMILES string of the molecule is [2H]c1cc[nH+]c2c([O-])ccc(C)c12.[2H]c1cc[nH+]c2c([O-])ccc([2H])c12.[2H]c1cc[nH+]c2c([O-])cccc12.[2H]c1ccc(O)c2ncccc12.[2H]c1ccc([O-])c2[nH+]ccc(C)c12.[2H]c1ccc([O-])c2[nH+]cccc12.[Be+2].[Be+2].[Be+2].[Be+2].[Be+2].[Zn]. The molecule has 0 fully saturated rings. The molecule has 0 aliphatic heterocycles. The molecule has 0 amide bonds. The number of phenols is 1. The molecule has 0 saturated carbocycles. The van der Waals surface area contributed by atoms with Gasteiger partial charge < -0.3 is 30.6 Å². The second kappa shape index (κ2) is 31.5. The molecule has 12 nitrogen and oxygen atoms in total. The molecule has 12 rings (SSSR count). The van der Waals surface area contributed by atoms with E-state index in [9.17, 15) is 30.6 Å². The Morgan fingerprint density at radius 3 is 1.32 bits per heavy atom. The van der Waals surface area contributed by atoms with Gasteiger partial charge in [-0.1, -0.05) is 78.8 Å². The van der Waals surface area contributed by atoms with Crippen LogP contribution in [0.3, 0.4) is 0 Å². The van der Waals surface area contributed by atoms with Gasteiger partial charge in [0.2, 0.25) is 27.6 Å². The van der Waals surface area contributed by atoms with E-state index in [-0.39, 0.29) is 117 Å². The van der Waals surface area contributed by atoms with E-state index >= 15 is 0 Å². The van der Waals surface area contributed by atoms with Crippen LogP contribution in [0.2, 0.25) is 0 Å². The van der Waals surface area contributed by atoms with Crippen molar-refractivity contribution in [2.24, 2.45) is 0 Å². The summed E-state index contributed by atoms with van der Waals surface area (Å²) in [5.74, 6) is -0.311. The first-order chi connectivity index (χ1) is 36.0. The van der Waals surface area contributed by atoms with Gasteiger partial charge in [-0.3, -0.25) is 4.98 Å². The van der Waals surface area contributed by atoms with Crippen molar-refractivity contribution >= 4 is 116 Å². The summed E-state index contributed by atoms with van der Waals surface area (Å²) in [5, 5.41) is 69.6. The maximum absolute atomic E-state index is 11.4. The van der Waals surface area contributed by atoms with Crippen LogP contribution in [0.25, 0.3) is 65.4 Å². The van der Waals surface area contributed by atoms with Gasteiger partial charge in [0.25, 0.3) is 0 Å². The third-order valence-corrected chi connectivity index (χ3v) is 10.0. The number of nitrogens with zero attached hydrogens (tertiary/aromatic N) is 1. The van der Waals surface area contributed by atoms with Crippen LogP contribution in [0.1, 0.15) is 20.7 Å². The number of hydrogen-bond donors (Lipinski definition) is 1. The molecule has 338 valence electrons. The average Bonchev–Trinajstić information content (AvgIpc) is 3.41. The van der Waals surface area contributed by atoms with Crippen LogP contribution in [0.5, 0.6) is 34.5 Å². The molecule has 74 heavy (non-hydrogen) atoms. The topological polar surface area (TPSA) is 219 Å². The quantitative estimate of drug-likeness (QED) is 0.217. The molecule has 0 aliphatic rings. The Balaban J connectivity index is 0.000000479. The van der Waals surface area contributed by atoms with Crippen molar-refractivity contribution in [1.82, 2.24) is 4.98 Å². The Morgan fingerprint density at radius 1 is 0.378 bits per heavy atom. The number of hydrogen-bond acceptors (Lipinski definition) is 7. The van der Waals surface area contributed by atoms with E-state index in [1.807, 2.05) is 19.9 Å². The zero-order valence-electron chi connectivity index (χ0n) is 47.8. The summed E-state index contributed by atoms with van der Waals surface area (Å²) in [6.45, 7) is 3.79. The van der Waals surface area contributed by atoms with E-state index in [1.165, 1.54) is 66.9 Å². The Kier molecular flexibility index (Phi) is 22.3. The van der Waals surface area contributed by atoms with Crippen LogP contribution in [0, 0.1) is 13.8 Å². The Morgan fingerprint density at radius 2 is 0.757 bits per heavy atom. The molecule has 12 aromatic rings. The number of para-hydroxylation sites is 5. The standard InChI is InChI=1S/2C10H9NO.4C9H7NO.5Be.Zn/c1-7-4-5-9(12)10-8(7)3-2-6-11-10;1-7-5-6-11-10-8(7)3-2-4-9(10)12;4*11-8-5-1-3-7-4-2-6-10-9(7)8;;;;;;/h2*2-6,12H,1H3;4*1-6,11H;;;;;;/q;;;;;;5*+2;/i2*3D;3D,4D;4D;2*3D;;;;;;. The monoisotopic (exact) mass is 1010 g/mol. The average molecular weight is 1020 g/mol. The van der Waals surface area contributed by atoms with Crippen LogP contribution in [-0.2, 0) is 19.5 Å². The normalized spacial score (nSPS) is 10.8. The fourth-order valence-corrected chi connectivity index (χ4v) is 6.64.